The Morgan fingerprint density at radius 3 is 2.78 bits per heavy atom. The van der Waals surface area contributed by atoms with Gasteiger partial charge in [0.15, 0.2) is 5.13 Å². The predicted molar refractivity (Wildman–Crippen MR) is 117 cm³/mol. The number of aromatic nitrogens is 1. The Labute approximate surface area is 185 Å². The summed E-state index contributed by atoms with van der Waals surface area (Å²) in [5.41, 5.74) is 3.56. The molecule has 160 valence electrons. The molecule has 2 aliphatic rings. The molecule has 1 aromatic heterocycles. The Balaban J connectivity index is 1.30. The number of imide groups is 1. The topological polar surface area (TPSA) is 123 Å². The lowest BCUT2D eigenvalue weighted by molar-refractivity contribution is -0.385. The van der Waals surface area contributed by atoms with Gasteiger partial charge in [-0.05, 0) is 42.5 Å². The average molecular weight is 448 g/mol. The molecule has 0 unspecified atom stereocenters. The third-order valence-electron chi connectivity index (χ3n) is 5.62. The number of nitro groups is 1. The molecule has 0 atom stereocenters. The largest absolute Gasteiger partial charge is 0.300 e. The van der Waals surface area contributed by atoms with Crippen molar-refractivity contribution in [2.24, 2.45) is 0 Å². The van der Waals surface area contributed by atoms with Gasteiger partial charge < -0.3 is 5.32 Å². The van der Waals surface area contributed by atoms with Crippen LogP contribution in [0.3, 0.4) is 0 Å². The highest BCUT2D eigenvalue weighted by Crippen LogP contribution is 2.32. The molecule has 10 heteroatoms. The Kier molecular flexibility index (Phi) is 4.78. The number of hydrogen-bond acceptors (Lipinski definition) is 7. The smallest absolute Gasteiger partial charge is 0.282 e. The number of fused-ring (bicyclic) bond motifs is 2. The van der Waals surface area contributed by atoms with Crippen LogP contribution in [0.25, 0.3) is 11.3 Å². The van der Waals surface area contributed by atoms with E-state index in [9.17, 15) is 24.5 Å². The van der Waals surface area contributed by atoms with E-state index in [0.29, 0.717) is 10.0 Å². The monoisotopic (exact) mass is 448 g/mol. The Hall–Kier alpha value is -3.92. The summed E-state index contributed by atoms with van der Waals surface area (Å²) < 4.78 is 0. The van der Waals surface area contributed by atoms with Gasteiger partial charge in [-0.15, -0.1) is 11.3 Å². The van der Waals surface area contributed by atoms with Crippen LogP contribution in [0.5, 0.6) is 0 Å². The minimum Gasteiger partial charge on any atom is -0.300 e. The highest BCUT2D eigenvalue weighted by Gasteiger charge is 2.41. The fraction of sp³-hybridized carbons (Fsp3) is 0.182. The fourth-order valence-electron chi connectivity index (χ4n) is 4.11. The van der Waals surface area contributed by atoms with Gasteiger partial charge >= 0.3 is 0 Å². The lowest BCUT2D eigenvalue weighted by Crippen LogP contribution is -2.37. The van der Waals surface area contributed by atoms with Crippen molar-refractivity contribution in [1.82, 2.24) is 9.88 Å². The average Bonchev–Trinajstić information content (AvgIpc) is 3.49. The van der Waals surface area contributed by atoms with Crippen molar-refractivity contribution in [1.29, 1.82) is 0 Å². The van der Waals surface area contributed by atoms with Gasteiger partial charge in [-0.3, -0.25) is 29.4 Å². The summed E-state index contributed by atoms with van der Waals surface area (Å²) in [6, 6.07) is 10.1. The fourth-order valence-corrected chi connectivity index (χ4v) is 4.84. The molecule has 1 aliphatic heterocycles. The summed E-state index contributed by atoms with van der Waals surface area (Å²) in [6.45, 7) is -0.558. The second-order valence-corrected chi connectivity index (χ2v) is 8.43. The maximum atomic E-state index is 12.6. The van der Waals surface area contributed by atoms with Crippen LogP contribution in [0.15, 0.2) is 41.8 Å². The molecule has 0 bridgehead atoms. The van der Waals surface area contributed by atoms with E-state index < -0.39 is 34.9 Å². The number of nitrogens with zero attached hydrogens (tertiary/aromatic N) is 3. The van der Waals surface area contributed by atoms with E-state index in [0.717, 1.165) is 36.6 Å². The zero-order chi connectivity index (χ0) is 22.4. The summed E-state index contributed by atoms with van der Waals surface area (Å²) in [6.07, 6.45) is 3.29. The number of rotatable bonds is 5. The van der Waals surface area contributed by atoms with Crippen LogP contribution >= 0.6 is 11.3 Å². The maximum Gasteiger partial charge on any atom is 0.282 e. The molecule has 1 N–H and O–H groups in total. The number of thiazole rings is 1. The molecular weight excluding hydrogens is 432 g/mol. The molecule has 0 saturated heterocycles. The van der Waals surface area contributed by atoms with Gasteiger partial charge in [0.2, 0.25) is 5.91 Å². The number of benzene rings is 2. The van der Waals surface area contributed by atoms with E-state index in [4.69, 9.17) is 0 Å². The van der Waals surface area contributed by atoms with E-state index >= 15 is 0 Å². The van der Waals surface area contributed by atoms with Gasteiger partial charge in [-0.25, -0.2) is 4.98 Å². The molecule has 3 aromatic rings. The minimum absolute atomic E-state index is 0.0786. The third-order valence-corrected chi connectivity index (χ3v) is 6.38. The number of carbonyl (C=O) groups excluding carboxylic acids is 3. The number of hydrogen-bond donors (Lipinski definition) is 1. The van der Waals surface area contributed by atoms with Crippen LogP contribution in [0.4, 0.5) is 10.8 Å². The van der Waals surface area contributed by atoms with Crippen molar-refractivity contribution in [3.8, 4) is 11.3 Å². The lowest BCUT2D eigenvalue weighted by atomic mass is 10.1. The first-order chi connectivity index (χ1) is 15.4. The molecule has 3 amide bonds. The Morgan fingerprint density at radius 1 is 1.16 bits per heavy atom. The zero-order valence-electron chi connectivity index (χ0n) is 16.7. The van der Waals surface area contributed by atoms with Gasteiger partial charge in [-0.2, -0.15) is 0 Å². The first-order valence-electron chi connectivity index (χ1n) is 9.93. The summed E-state index contributed by atoms with van der Waals surface area (Å²) in [5, 5.41) is 16.0. The Bertz CT molecular complexity index is 1320. The predicted octanol–water partition coefficient (Wildman–Crippen LogP) is 3.44. The molecule has 32 heavy (non-hydrogen) atoms. The molecule has 2 aromatic carbocycles. The summed E-state index contributed by atoms with van der Waals surface area (Å²) >= 11 is 1.24. The molecule has 0 radical (unpaired) electrons. The minimum atomic E-state index is -0.856. The summed E-state index contributed by atoms with van der Waals surface area (Å²) in [5.74, 6) is -2.20. The van der Waals surface area contributed by atoms with Crippen molar-refractivity contribution in [2.75, 3.05) is 11.9 Å². The standard InChI is InChI=1S/C22H16N4O5S/c27-18(10-25-20(28)15-5-2-6-17(26(30)31)19(15)21(25)29)24-22-23-16(11-32-22)14-8-7-12-3-1-4-13(12)9-14/h2,5-9,11H,1,3-4,10H2,(H,23,24,27). The number of nitro benzene ring substituents is 1. The molecule has 0 spiro atoms. The zero-order valence-corrected chi connectivity index (χ0v) is 17.5. The maximum absolute atomic E-state index is 12.6. The first-order valence-corrected chi connectivity index (χ1v) is 10.8. The quantitative estimate of drug-likeness (QED) is 0.362. The number of aryl methyl sites for hydroxylation is 2. The molecule has 2 heterocycles. The Morgan fingerprint density at radius 2 is 1.97 bits per heavy atom. The van der Waals surface area contributed by atoms with E-state index in [-0.39, 0.29) is 11.1 Å². The van der Waals surface area contributed by atoms with Crippen LogP contribution in [0.1, 0.15) is 38.3 Å². The van der Waals surface area contributed by atoms with Crippen molar-refractivity contribution < 1.29 is 19.3 Å². The molecule has 5 rings (SSSR count). The van der Waals surface area contributed by atoms with Crippen molar-refractivity contribution in [3.63, 3.8) is 0 Å². The summed E-state index contributed by atoms with van der Waals surface area (Å²) in [7, 11) is 0. The SMILES string of the molecule is O=C(CN1C(=O)c2cccc([N+](=O)[O-])c2C1=O)Nc1nc(-c2ccc3c(c2)CCC3)cs1. The molecule has 9 nitrogen and oxygen atoms in total. The van der Waals surface area contributed by atoms with Gasteiger partial charge in [0.1, 0.15) is 12.1 Å². The number of amides is 3. The van der Waals surface area contributed by atoms with Crippen LogP contribution in [-0.2, 0) is 17.6 Å². The second kappa shape index (κ2) is 7.65. The van der Waals surface area contributed by atoms with Crippen LogP contribution in [0, 0.1) is 10.1 Å². The van der Waals surface area contributed by atoms with Crippen LogP contribution < -0.4 is 5.32 Å². The van der Waals surface area contributed by atoms with E-state index in [1.165, 1.54) is 34.6 Å². The van der Waals surface area contributed by atoms with E-state index in [2.05, 4.69) is 22.4 Å². The first kappa shape index (κ1) is 20.0. The highest BCUT2D eigenvalue weighted by molar-refractivity contribution is 7.14. The molecular formula is C22H16N4O5S. The highest BCUT2D eigenvalue weighted by atomic mass is 32.1. The lowest BCUT2D eigenvalue weighted by Gasteiger charge is -2.12. The number of nitrogens with one attached hydrogen (secondary N) is 1. The van der Waals surface area contributed by atoms with Crippen molar-refractivity contribution >= 4 is 39.9 Å². The van der Waals surface area contributed by atoms with Gasteiger partial charge in [-0.1, -0.05) is 18.2 Å². The molecule has 0 saturated carbocycles. The van der Waals surface area contributed by atoms with Crippen LogP contribution in [0.2, 0.25) is 0 Å². The molecule has 0 fully saturated rings. The van der Waals surface area contributed by atoms with Crippen molar-refractivity contribution in [2.45, 2.75) is 19.3 Å². The van der Waals surface area contributed by atoms with Gasteiger partial charge in [0.05, 0.1) is 16.2 Å². The summed E-state index contributed by atoms with van der Waals surface area (Å²) in [4.78, 5) is 53.3. The van der Waals surface area contributed by atoms with E-state index in [1.54, 1.807) is 0 Å². The van der Waals surface area contributed by atoms with Gasteiger partial charge in [0.25, 0.3) is 17.5 Å². The van der Waals surface area contributed by atoms with E-state index in [1.807, 2.05) is 11.4 Å². The van der Waals surface area contributed by atoms with Gasteiger partial charge in [0, 0.05) is 17.0 Å². The molecule has 1 aliphatic carbocycles. The second-order valence-electron chi connectivity index (χ2n) is 7.58. The third kappa shape index (κ3) is 3.34. The number of anilines is 1. The number of carbonyl (C=O) groups is 3. The van der Waals surface area contributed by atoms with Crippen LogP contribution in [-0.4, -0.2) is 39.1 Å². The normalized spacial score (nSPS) is 14.4. The van der Waals surface area contributed by atoms with Crippen molar-refractivity contribution in [3.05, 3.63) is 74.1 Å².